The molecule has 0 saturated heterocycles. The molecule has 0 aromatic heterocycles. The van der Waals surface area contributed by atoms with E-state index in [2.05, 4.69) is 5.32 Å². The van der Waals surface area contributed by atoms with Gasteiger partial charge in [-0.2, -0.15) is 0 Å². The molecule has 5 heteroatoms. The van der Waals surface area contributed by atoms with E-state index in [1.807, 2.05) is 55.5 Å². The average Bonchev–Trinajstić information content (AvgIpc) is 2.77. The lowest BCUT2D eigenvalue weighted by atomic mass is 10.0. The Balaban J connectivity index is 1.52. The maximum absolute atomic E-state index is 12.4. The van der Waals surface area contributed by atoms with Crippen LogP contribution in [0.5, 0.6) is 11.5 Å². The Morgan fingerprint density at radius 2 is 1.48 bits per heavy atom. The van der Waals surface area contributed by atoms with Crippen LogP contribution >= 0.6 is 0 Å². The number of para-hydroxylation sites is 2. The lowest BCUT2D eigenvalue weighted by molar-refractivity contribution is -0.124. The van der Waals surface area contributed by atoms with Crippen LogP contribution in [0.2, 0.25) is 0 Å². The molecule has 0 bridgehead atoms. The van der Waals surface area contributed by atoms with E-state index < -0.39 is 5.97 Å². The summed E-state index contributed by atoms with van der Waals surface area (Å²) in [7, 11) is 0. The number of carbonyl (C=O) groups excluding carboxylic acids is 2. The van der Waals surface area contributed by atoms with Crippen LogP contribution in [0.1, 0.15) is 28.8 Å². The molecule has 0 radical (unpaired) electrons. The maximum atomic E-state index is 12.4. The molecule has 0 saturated carbocycles. The zero-order chi connectivity index (χ0) is 20.5. The van der Waals surface area contributed by atoms with Crippen molar-refractivity contribution in [2.24, 2.45) is 0 Å². The Bertz CT molecular complexity index is 941. The normalized spacial score (nSPS) is 11.3. The molecule has 0 heterocycles. The second-order valence-electron chi connectivity index (χ2n) is 6.60. The highest BCUT2D eigenvalue weighted by Crippen LogP contribution is 2.25. The van der Waals surface area contributed by atoms with Gasteiger partial charge in [0, 0.05) is 6.54 Å². The molecule has 0 aliphatic heterocycles. The number of hydrogen-bond acceptors (Lipinski definition) is 4. The molecule has 1 amide bonds. The largest absolute Gasteiger partial charge is 0.456 e. The van der Waals surface area contributed by atoms with E-state index in [0.29, 0.717) is 18.0 Å². The van der Waals surface area contributed by atoms with Crippen LogP contribution in [-0.4, -0.2) is 25.0 Å². The molecule has 5 nitrogen and oxygen atoms in total. The van der Waals surface area contributed by atoms with Crippen molar-refractivity contribution < 1.29 is 19.1 Å². The van der Waals surface area contributed by atoms with Crippen LogP contribution in [-0.2, 0) is 9.53 Å². The quantitative estimate of drug-likeness (QED) is 0.574. The lowest BCUT2D eigenvalue weighted by Crippen LogP contribution is -2.31. The number of nitrogens with one attached hydrogen (secondary N) is 1. The number of rotatable bonds is 8. The first-order valence-corrected chi connectivity index (χ1v) is 9.44. The van der Waals surface area contributed by atoms with Crippen LogP contribution < -0.4 is 10.1 Å². The SMILES string of the molecule is C[C@H](CNC(=O)COC(=O)c1ccccc1Oc1ccccc1)c1ccccc1. The highest BCUT2D eigenvalue weighted by atomic mass is 16.5. The van der Waals surface area contributed by atoms with Gasteiger partial charge in [-0.25, -0.2) is 4.79 Å². The molecule has 0 aliphatic rings. The van der Waals surface area contributed by atoms with Gasteiger partial charge in [0.05, 0.1) is 0 Å². The lowest BCUT2D eigenvalue weighted by Gasteiger charge is -2.14. The molecule has 148 valence electrons. The van der Waals surface area contributed by atoms with Crippen molar-refractivity contribution in [1.29, 1.82) is 0 Å². The van der Waals surface area contributed by atoms with Gasteiger partial charge in [0.15, 0.2) is 6.61 Å². The summed E-state index contributed by atoms with van der Waals surface area (Å²) in [6.07, 6.45) is 0. The van der Waals surface area contributed by atoms with Crippen molar-refractivity contribution in [2.75, 3.05) is 13.2 Å². The summed E-state index contributed by atoms with van der Waals surface area (Å²) in [6.45, 7) is 2.15. The molecule has 3 rings (SSSR count). The summed E-state index contributed by atoms with van der Waals surface area (Å²) >= 11 is 0. The number of carbonyl (C=O) groups is 2. The first-order chi connectivity index (χ1) is 14.1. The Kier molecular flexibility index (Phi) is 7.00. The van der Waals surface area contributed by atoms with Gasteiger partial charge in [-0.1, -0.05) is 67.6 Å². The van der Waals surface area contributed by atoms with Crippen LogP contribution in [0, 0.1) is 0 Å². The zero-order valence-corrected chi connectivity index (χ0v) is 16.2. The van der Waals surface area contributed by atoms with Crippen LogP contribution in [0.15, 0.2) is 84.9 Å². The van der Waals surface area contributed by atoms with E-state index in [1.165, 1.54) is 0 Å². The first kappa shape index (κ1) is 20.1. The maximum Gasteiger partial charge on any atom is 0.342 e. The van der Waals surface area contributed by atoms with E-state index in [-0.39, 0.29) is 24.0 Å². The van der Waals surface area contributed by atoms with E-state index in [0.717, 1.165) is 5.56 Å². The van der Waals surface area contributed by atoms with E-state index >= 15 is 0 Å². The highest BCUT2D eigenvalue weighted by molar-refractivity contribution is 5.94. The van der Waals surface area contributed by atoms with Gasteiger partial charge >= 0.3 is 5.97 Å². The van der Waals surface area contributed by atoms with Gasteiger partial charge in [0.1, 0.15) is 17.1 Å². The Labute approximate surface area is 170 Å². The van der Waals surface area contributed by atoms with Crippen molar-refractivity contribution in [3.05, 3.63) is 96.1 Å². The summed E-state index contributed by atoms with van der Waals surface area (Å²) in [4.78, 5) is 24.5. The molecular weight excluding hydrogens is 366 g/mol. The van der Waals surface area contributed by atoms with Crippen LogP contribution in [0.25, 0.3) is 0 Å². The van der Waals surface area contributed by atoms with Gasteiger partial charge in [0.25, 0.3) is 5.91 Å². The summed E-state index contributed by atoms with van der Waals surface area (Å²) in [5.74, 6) is 0.198. The van der Waals surface area contributed by atoms with Gasteiger partial charge in [-0.3, -0.25) is 4.79 Å². The summed E-state index contributed by atoms with van der Waals surface area (Å²) in [6, 6.07) is 25.8. The number of benzene rings is 3. The Morgan fingerprint density at radius 3 is 2.21 bits per heavy atom. The summed E-state index contributed by atoms with van der Waals surface area (Å²) in [5.41, 5.74) is 1.40. The third-order valence-corrected chi connectivity index (χ3v) is 4.39. The molecule has 3 aromatic rings. The molecular formula is C24H23NO4. The molecule has 0 spiro atoms. The minimum atomic E-state index is -0.609. The van der Waals surface area contributed by atoms with Gasteiger partial charge in [-0.15, -0.1) is 0 Å². The van der Waals surface area contributed by atoms with E-state index in [4.69, 9.17) is 9.47 Å². The van der Waals surface area contributed by atoms with Crippen molar-refractivity contribution >= 4 is 11.9 Å². The minimum Gasteiger partial charge on any atom is -0.456 e. The number of ether oxygens (including phenoxy) is 2. The third kappa shape index (κ3) is 5.94. The van der Waals surface area contributed by atoms with E-state index in [1.54, 1.807) is 36.4 Å². The van der Waals surface area contributed by atoms with Crippen LogP contribution in [0.3, 0.4) is 0 Å². The molecule has 3 aromatic carbocycles. The summed E-state index contributed by atoms with van der Waals surface area (Å²) in [5, 5.41) is 2.79. The first-order valence-electron chi connectivity index (χ1n) is 9.44. The zero-order valence-electron chi connectivity index (χ0n) is 16.2. The fourth-order valence-electron chi connectivity index (χ4n) is 2.77. The number of hydrogen-bond donors (Lipinski definition) is 1. The Hall–Kier alpha value is -3.60. The number of amides is 1. The summed E-state index contributed by atoms with van der Waals surface area (Å²) < 4.78 is 10.9. The highest BCUT2D eigenvalue weighted by Gasteiger charge is 2.16. The standard InChI is InChI=1S/C24H23NO4/c1-18(19-10-4-2-5-11-19)16-25-23(26)17-28-24(27)21-14-8-9-15-22(21)29-20-12-6-3-7-13-20/h2-15,18H,16-17H2,1H3,(H,25,26)/t18-/m1/s1. The Morgan fingerprint density at radius 1 is 0.862 bits per heavy atom. The molecule has 0 fully saturated rings. The van der Waals surface area contributed by atoms with Gasteiger partial charge < -0.3 is 14.8 Å². The van der Waals surface area contributed by atoms with Crippen molar-refractivity contribution in [2.45, 2.75) is 12.8 Å². The van der Waals surface area contributed by atoms with Crippen molar-refractivity contribution in [1.82, 2.24) is 5.32 Å². The van der Waals surface area contributed by atoms with Crippen LogP contribution in [0.4, 0.5) is 0 Å². The molecule has 1 atom stereocenters. The predicted molar refractivity (Wildman–Crippen MR) is 111 cm³/mol. The molecule has 29 heavy (non-hydrogen) atoms. The average molecular weight is 389 g/mol. The second kappa shape index (κ2) is 10.1. The molecule has 0 unspecified atom stereocenters. The fraction of sp³-hybridized carbons (Fsp3) is 0.167. The topological polar surface area (TPSA) is 64.6 Å². The van der Waals surface area contributed by atoms with Gasteiger partial charge in [-0.05, 0) is 35.7 Å². The molecule has 0 aliphatic carbocycles. The minimum absolute atomic E-state index is 0.163. The third-order valence-electron chi connectivity index (χ3n) is 4.39. The fourth-order valence-corrected chi connectivity index (χ4v) is 2.77. The smallest absolute Gasteiger partial charge is 0.342 e. The van der Waals surface area contributed by atoms with Crippen molar-refractivity contribution in [3.8, 4) is 11.5 Å². The molecule has 1 N–H and O–H groups in total. The number of esters is 1. The van der Waals surface area contributed by atoms with E-state index in [9.17, 15) is 9.59 Å². The van der Waals surface area contributed by atoms with Crippen molar-refractivity contribution in [3.63, 3.8) is 0 Å². The van der Waals surface area contributed by atoms with Gasteiger partial charge in [0.2, 0.25) is 0 Å². The predicted octanol–water partition coefficient (Wildman–Crippen LogP) is 4.56. The monoisotopic (exact) mass is 389 g/mol. The second-order valence-corrected chi connectivity index (χ2v) is 6.60.